The molecule has 2 rings (SSSR count). The molecule has 2 N–H and O–H groups in total. The fraction of sp³-hybridized carbons (Fsp3) is 0.864. The van der Waals surface area contributed by atoms with Gasteiger partial charge in [0.15, 0.2) is 0 Å². The highest BCUT2D eigenvalue weighted by molar-refractivity contribution is 5.66. The van der Waals surface area contributed by atoms with Gasteiger partial charge in [0.1, 0.15) is 6.61 Å². The first kappa shape index (κ1) is 21.4. The lowest BCUT2D eigenvalue weighted by molar-refractivity contribution is -0.195. The van der Waals surface area contributed by atoms with E-state index in [-0.39, 0.29) is 28.8 Å². The number of aliphatic hydroxyl groups is 2. The van der Waals surface area contributed by atoms with Gasteiger partial charge in [0.25, 0.3) is 0 Å². The molecule has 0 unspecified atom stereocenters. The molecule has 5 atom stereocenters. The zero-order valence-electron chi connectivity index (χ0n) is 17.5. The Bertz CT molecular complexity index is 548. The van der Waals surface area contributed by atoms with Gasteiger partial charge in [-0.15, -0.1) is 0 Å². The smallest absolute Gasteiger partial charge is 0.302 e. The lowest BCUT2D eigenvalue weighted by Crippen LogP contribution is -2.60. The number of allylic oxidation sites excluding steroid dienone is 1. The number of rotatable bonds is 5. The Balaban J connectivity index is 2.15. The van der Waals surface area contributed by atoms with Gasteiger partial charge in [-0.25, -0.2) is 0 Å². The SMILES string of the molecule is CC(=O)OC/C=C(\C)CC[C@H]1[C@]2(C)CC[C@H](O)C(C)(C)[C@H]2CC[C@]1(C)O. The zero-order valence-corrected chi connectivity index (χ0v) is 17.5. The molecule has 0 saturated heterocycles. The molecule has 0 aliphatic heterocycles. The van der Waals surface area contributed by atoms with Crippen molar-refractivity contribution >= 4 is 5.97 Å². The van der Waals surface area contributed by atoms with Crippen molar-refractivity contribution in [3.05, 3.63) is 11.6 Å². The number of esters is 1. The molecule has 0 radical (unpaired) electrons. The summed E-state index contributed by atoms with van der Waals surface area (Å²) >= 11 is 0. The second-order valence-corrected chi connectivity index (χ2v) is 9.77. The molecule has 26 heavy (non-hydrogen) atoms. The molecule has 2 aliphatic rings. The first-order valence-electron chi connectivity index (χ1n) is 10.1. The molecule has 150 valence electrons. The number of ether oxygens (including phenoxy) is 1. The van der Waals surface area contributed by atoms with E-state index < -0.39 is 5.60 Å². The Labute approximate surface area is 159 Å². The Hall–Kier alpha value is -0.870. The number of hydrogen-bond acceptors (Lipinski definition) is 4. The van der Waals surface area contributed by atoms with Gasteiger partial charge in [-0.3, -0.25) is 4.79 Å². The molecule has 2 aliphatic carbocycles. The van der Waals surface area contributed by atoms with Crippen LogP contribution in [0.4, 0.5) is 0 Å². The maximum atomic E-state index is 11.2. The highest BCUT2D eigenvalue weighted by Gasteiger charge is 2.59. The maximum Gasteiger partial charge on any atom is 0.302 e. The van der Waals surface area contributed by atoms with E-state index in [1.807, 2.05) is 13.0 Å². The lowest BCUT2D eigenvalue weighted by Gasteiger charge is -2.62. The predicted octanol–water partition coefficient (Wildman–Crippen LogP) is 4.24. The summed E-state index contributed by atoms with van der Waals surface area (Å²) in [4.78, 5) is 10.9. The third-order valence-electron chi connectivity index (χ3n) is 7.54. The molecule has 0 bridgehead atoms. The van der Waals surface area contributed by atoms with Gasteiger partial charge in [0, 0.05) is 6.92 Å². The molecule has 2 saturated carbocycles. The van der Waals surface area contributed by atoms with Crippen LogP contribution in [0.1, 0.15) is 80.1 Å². The van der Waals surface area contributed by atoms with E-state index in [9.17, 15) is 15.0 Å². The fourth-order valence-corrected chi connectivity index (χ4v) is 5.93. The molecule has 0 heterocycles. The summed E-state index contributed by atoms with van der Waals surface area (Å²) in [6, 6.07) is 0. The van der Waals surface area contributed by atoms with Gasteiger partial charge >= 0.3 is 5.97 Å². The predicted molar refractivity (Wildman–Crippen MR) is 104 cm³/mol. The summed E-state index contributed by atoms with van der Waals surface area (Å²) in [5.41, 5.74) is 0.463. The minimum atomic E-state index is -0.667. The van der Waals surface area contributed by atoms with Crippen molar-refractivity contribution in [3.8, 4) is 0 Å². The first-order valence-corrected chi connectivity index (χ1v) is 10.1. The summed E-state index contributed by atoms with van der Waals surface area (Å²) in [7, 11) is 0. The second-order valence-electron chi connectivity index (χ2n) is 9.77. The van der Waals surface area contributed by atoms with Crippen molar-refractivity contribution in [2.45, 2.75) is 91.8 Å². The van der Waals surface area contributed by atoms with E-state index in [1.165, 1.54) is 12.5 Å². The monoisotopic (exact) mass is 366 g/mol. The van der Waals surface area contributed by atoms with Crippen LogP contribution >= 0.6 is 0 Å². The van der Waals surface area contributed by atoms with Crippen LogP contribution in [0.5, 0.6) is 0 Å². The van der Waals surface area contributed by atoms with E-state index in [0.717, 1.165) is 38.5 Å². The van der Waals surface area contributed by atoms with E-state index >= 15 is 0 Å². The number of aliphatic hydroxyl groups excluding tert-OH is 1. The Morgan fingerprint density at radius 3 is 2.42 bits per heavy atom. The number of hydrogen-bond donors (Lipinski definition) is 2. The highest BCUT2D eigenvalue weighted by atomic mass is 16.5. The molecule has 0 spiro atoms. The quantitative estimate of drug-likeness (QED) is 0.564. The highest BCUT2D eigenvalue weighted by Crippen LogP contribution is 2.63. The molecule has 4 heteroatoms. The van der Waals surface area contributed by atoms with Gasteiger partial charge in [0.2, 0.25) is 0 Å². The molecule has 2 fully saturated rings. The van der Waals surface area contributed by atoms with Crippen LogP contribution in [-0.4, -0.2) is 34.5 Å². The number of fused-ring (bicyclic) bond motifs is 1. The number of carbonyl (C=O) groups is 1. The third kappa shape index (κ3) is 4.17. The van der Waals surface area contributed by atoms with Crippen molar-refractivity contribution < 1.29 is 19.7 Å². The summed E-state index contributed by atoms with van der Waals surface area (Å²) in [5, 5.41) is 21.7. The standard InChI is InChI=1S/C22H38O4/c1-15(11-14-26-16(2)23)7-8-18-21(5)12-10-19(24)20(3,4)17(21)9-13-22(18,6)25/h11,17-19,24-25H,7-10,12-14H2,1-6H3/b15-11+/t17-,18+,19+,21-,22+/m1/s1. The second kappa shape index (κ2) is 7.63. The van der Waals surface area contributed by atoms with Gasteiger partial charge < -0.3 is 14.9 Å². The molecule has 0 aromatic heterocycles. The summed E-state index contributed by atoms with van der Waals surface area (Å²) in [6.07, 6.45) is 7.09. The van der Waals surface area contributed by atoms with Gasteiger partial charge in [-0.05, 0) is 81.1 Å². The zero-order chi connectivity index (χ0) is 19.8. The molecule has 0 aromatic carbocycles. The van der Waals surface area contributed by atoms with Crippen LogP contribution in [-0.2, 0) is 9.53 Å². The maximum absolute atomic E-state index is 11.2. The topological polar surface area (TPSA) is 66.8 Å². The Morgan fingerprint density at radius 2 is 1.81 bits per heavy atom. The van der Waals surface area contributed by atoms with Gasteiger partial charge in [0.05, 0.1) is 11.7 Å². The largest absolute Gasteiger partial charge is 0.462 e. The summed E-state index contributed by atoms with van der Waals surface area (Å²) < 4.78 is 5.00. The van der Waals surface area contributed by atoms with Gasteiger partial charge in [-0.2, -0.15) is 0 Å². The van der Waals surface area contributed by atoms with Crippen LogP contribution in [0.15, 0.2) is 11.6 Å². The molecular weight excluding hydrogens is 328 g/mol. The summed E-state index contributed by atoms with van der Waals surface area (Å²) in [6.45, 7) is 12.5. The van der Waals surface area contributed by atoms with E-state index in [4.69, 9.17) is 4.74 Å². The Kier molecular flexibility index (Phi) is 6.29. The van der Waals surface area contributed by atoms with Crippen molar-refractivity contribution in [2.75, 3.05) is 6.61 Å². The lowest BCUT2D eigenvalue weighted by atomic mass is 9.44. The van der Waals surface area contributed by atoms with Crippen LogP contribution in [0.3, 0.4) is 0 Å². The van der Waals surface area contributed by atoms with Crippen LogP contribution in [0.2, 0.25) is 0 Å². The molecule has 4 nitrogen and oxygen atoms in total. The van der Waals surface area contributed by atoms with Gasteiger partial charge in [-0.1, -0.05) is 26.3 Å². The molecular formula is C22H38O4. The minimum absolute atomic E-state index is 0.0423. The van der Waals surface area contributed by atoms with Crippen molar-refractivity contribution in [3.63, 3.8) is 0 Å². The van der Waals surface area contributed by atoms with Crippen molar-refractivity contribution in [1.82, 2.24) is 0 Å². The molecule has 0 amide bonds. The fourth-order valence-electron chi connectivity index (χ4n) is 5.93. The minimum Gasteiger partial charge on any atom is -0.462 e. The number of carbonyl (C=O) groups excluding carboxylic acids is 1. The molecule has 0 aromatic rings. The van der Waals surface area contributed by atoms with E-state index in [2.05, 4.69) is 27.7 Å². The van der Waals surface area contributed by atoms with E-state index in [1.54, 1.807) is 0 Å². The van der Waals surface area contributed by atoms with E-state index in [0.29, 0.717) is 12.5 Å². The van der Waals surface area contributed by atoms with Crippen molar-refractivity contribution in [2.24, 2.45) is 22.7 Å². The Morgan fingerprint density at radius 1 is 1.15 bits per heavy atom. The normalized spacial score (nSPS) is 40.0. The van der Waals surface area contributed by atoms with Crippen LogP contribution in [0.25, 0.3) is 0 Å². The van der Waals surface area contributed by atoms with Crippen LogP contribution < -0.4 is 0 Å². The summed E-state index contributed by atoms with van der Waals surface area (Å²) in [5.74, 6) is 0.370. The van der Waals surface area contributed by atoms with Crippen LogP contribution in [0, 0.1) is 22.7 Å². The first-order chi connectivity index (χ1) is 11.9. The average molecular weight is 367 g/mol. The average Bonchev–Trinajstić information content (AvgIpc) is 2.50. The third-order valence-corrected chi connectivity index (χ3v) is 7.54. The van der Waals surface area contributed by atoms with Crippen molar-refractivity contribution in [1.29, 1.82) is 0 Å².